The maximum atomic E-state index is 5.41. The van der Waals surface area contributed by atoms with Crippen LogP contribution in [0, 0.1) is 0 Å². The van der Waals surface area contributed by atoms with Gasteiger partial charge >= 0.3 is 0 Å². The van der Waals surface area contributed by atoms with Gasteiger partial charge in [0.05, 0.1) is 7.11 Å². The molecule has 0 fully saturated rings. The van der Waals surface area contributed by atoms with Gasteiger partial charge in [-0.3, -0.25) is 0 Å². The zero-order valence-corrected chi connectivity index (χ0v) is 12.8. The Bertz CT molecular complexity index is 542. The first-order valence-corrected chi connectivity index (χ1v) is 7.08. The zero-order valence-electron chi connectivity index (χ0n) is 11.2. The summed E-state index contributed by atoms with van der Waals surface area (Å²) in [6.07, 6.45) is 0.900. The molecule has 1 unspecified atom stereocenters. The normalized spacial score (nSPS) is 12.2. The van der Waals surface area contributed by atoms with E-state index in [4.69, 9.17) is 4.74 Å². The Labute approximate surface area is 122 Å². The lowest BCUT2D eigenvalue weighted by Gasteiger charge is -2.18. The molecule has 3 heteroatoms. The molecule has 0 spiro atoms. The molecule has 0 heterocycles. The minimum atomic E-state index is 0.272. The number of likely N-dealkylation sites (N-methyl/N-ethyl adjacent to an activating group) is 1. The zero-order chi connectivity index (χ0) is 13.7. The molecule has 2 aromatic carbocycles. The Balaban J connectivity index is 2.24. The molecule has 0 amide bonds. The number of para-hydroxylation sites is 1. The monoisotopic (exact) mass is 319 g/mol. The average molecular weight is 320 g/mol. The van der Waals surface area contributed by atoms with Gasteiger partial charge in [0.2, 0.25) is 0 Å². The van der Waals surface area contributed by atoms with Crippen LogP contribution in [0.3, 0.4) is 0 Å². The molecule has 1 atom stereocenters. The number of halogens is 1. The van der Waals surface area contributed by atoms with E-state index in [9.17, 15) is 0 Å². The first-order chi connectivity index (χ1) is 9.24. The largest absolute Gasteiger partial charge is 0.496 e. The summed E-state index contributed by atoms with van der Waals surface area (Å²) in [5.41, 5.74) is 2.48. The van der Waals surface area contributed by atoms with Gasteiger partial charge in [-0.1, -0.05) is 46.3 Å². The van der Waals surface area contributed by atoms with Crippen molar-refractivity contribution < 1.29 is 4.74 Å². The second-order valence-corrected chi connectivity index (χ2v) is 5.33. The molecule has 100 valence electrons. The Hall–Kier alpha value is -1.32. The van der Waals surface area contributed by atoms with Crippen LogP contribution >= 0.6 is 15.9 Å². The van der Waals surface area contributed by atoms with E-state index in [1.807, 2.05) is 31.3 Å². The van der Waals surface area contributed by atoms with E-state index in [-0.39, 0.29) is 6.04 Å². The summed E-state index contributed by atoms with van der Waals surface area (Å²) in [5.74, 6) is 0.942. The van der Waals surface area contributed by atoms with Gasteiger partial charge < -0.3 is 10.1 Å². The highest BCUT2D eigenvalue weighted by molar-refractivity contribution is 9.10. The summed E-state index contributed by atoms with van der Waals surface area (Å²) in [6, 6.07) is 16.8. The van der Waals surface area contributed by atoms with Crippen molar-refractivity contribution >= 4 is 15.9 Å². The lowest BCUT2D eigenvalue weighted by molar-refractivity contribution is 0.406. The van der Waals surface area contributed by atoms with Gasteiger partial charge in [0.25, 0.3) is 0 Å². The third-order valence-corrected chi connectivity index (χ3v) is 3.71. The van der Waals surface area contributed by atoms with Crippen LogP contribution in [0.5, 0.6) is 5.75 Å². The highest BCUT2D eigenvalue weighted by Gasteiger charge is 2.12. The van der Waals surface area contributed by atoms with E-state index < -0.39 is 0 Å². The minimum absolute atomic E-state index is 0.272. The lowest BCUT2D eigenvalue weighted by atomic mass is 9.98. The van der Waals surface area contributed by atoms with Gasteiger partial charge in [0, 0.05) is 10.5 Å². The fourth-order valence-corrected chi connectivity index (χ4v) is 2.62. The Morgan fingerprint density at radius 3 is 2.63 bits per heavy atom. The predicted molar refractivity (Wildman–Crippen MR) is 82.6 cm³/mol. The van der Waals surface area contributed by atoms with Gasteiger partial charge in [0.15, 0.2) is 0 Å². The standard InChI is InChI=1S/C16H18BrNO/c1-18-15(12-7-5-8-14(17)10-12)11-13-6-3-4-9-16(13)19-2/h3-10,15,18H,11H2,1-2H3. The first-order valence-electron chi connectivity index (χ1n) is 6.29. The Morgan fingerprint density at radius 1 is 1.16 bits per heavy atom. The van der Waals surface area contributed by atoms with Crippen LogP contribution in [0.4, 0.5) is 0 Å². The molecule has 0 saturated carbocycles. The summed E-state index contributed by atoms with van der Waals surface area (Å²) < 4.78 is 6.52. The van der Waals surface area contributed by atoms with Gasteiger partial charge in [-0.05, 0) is 42.8 Å². The highest BCUT2D eigenvalue weighted by Crippen LogP contribution is 2.26. The number of methoxy groups -OCH3 is 1. The average Bonchev–Trinajstić information content (AvgIpc) is 2.45. The van der Waals surface area contributed by atoms with Crippen LogP contribution in [-0.4, -0.2) is 14.2 Å². The summed E-state index contributed by atoms with van der Waals surface area (Å²) in [4.78, 5) is 0. The molecule has 0 bridgehead atoms. The topological polar surface area (TPSA) is 21.3 Å². The Kier molecular flexibility index (Phi) is 5.00. The summed E-state index contributed by atoms with van der Waals surface area (Å²) in [7, 11) is 3.70. The molecule has 0 saturated heterocycles. The van der Waals surface area contributed by atoms with Crippen molar-refractivity contribution in [2.24, 2.45) is 0 Å². The second kappa shape index (κ2) is 6.73. The van der Waals surface area contributed by atoms with Gasteiger partial charge in [0.1, 0.15) is 5.75 Å². The van der Waals surface area contributed by atoms with Crippen molar-refractivity contribution in [1.82, 2.24) is 5.32 Å². The molecular weight excluding hydrogens is 302 g/mol. The fraction of sp³-hybridized carbons (Fsp3) is 0.250. The maximum Gasteiger partial charge on any atom is 0.122 e. The molecule has 0 aliphatic rings. The van der Waals surface area contributed by atoms with Crippen LogP contribution in [-0.2, 0) is 6.42 Å². The van der Waals surface area contributed by atoms with E-state index in [2.05, 4.69) is 45.5 Å². The van der Waals surface area contributed by atoms with E-state index in [1.54, 1.807) is 7.11 Å². The van der Waals surface area contributed by atoms with E-state index in [0.717, 1.165) is 16.6 Å². The Morgan fingerprint density at radius 2 is 1.95 bits per heavy atom. The number of nitrogens with one attached hydrogen (secondary N) is 1. The molecular formula is C16H18BrNO. The summed E-state index contributed by atoms with van der Waals surface area (Å²) in [6.45, 7) is 0. The predicted octanol–water partition coefficient (Wildman–Crippen LogP) is 3.96. The smallest absolute Gasteiger partial charge is 0.122 e. The summed E-state index contributed by atoms with van der Waals surface area (Å²) >= 11 is 3.52. The molecule has 1 N–H and O–H groups in total. The van der Waals surface area contributed by atoms with Crippen LogP contribution < -0.4 is 10.1 Å². The van der Waals surface area contributed by atoms with Crippen molar-refractivity contribution in [3.05, 3.63) is 64.1 Å². The van der Waals surface area contributed by atoms with Crippen LogP contribution in [0.2, 0.25) is 0 Å². The van der Waals surface area contributed by atoms with Gasteiger partial charge in [-0.15, -0.1) is 0 Å². The van der Waals surface area contributed by atoms with Crippen molar-refractivity contribution in [3.8, 4) is 5.75 Å². The van der Waals surface area contributed by atoms with E-state index in [0.29, 0.717) is 0 Å². The lowest BCUT2D eigenvalue weighted by Crippen LogP contribution is -2.19. The number of hydrogen-bond donors (Lipinski definition) is 1. The molecule has 2 rings (SSSR count). The number of ether oxygens (including phenoxy) is 1. The third-order valence-electron chi connectivity index (χ3n) is 3.22. The van der Waals surface area contributed by atoms with Crippen molar-refractivity contribution in [1.29, 1.82) is 0 Å². The maximum absolute atomic E-state index is 5.41. The van der Waals surface area contributed by atoms with Crippen LogP contribution in [0.15, 0.2) is 53.0 Å². The first kappa shape index (κ1) is 14.1. The molecule has 2 nitrogen and oxygen atoms in total. The quantitative estimate of drug-likeness (QED) is 0.900. The number of rotatable bonds is 5. The van der Waals surface area contributed by atoms with Gasteiger partial charge in [-0.25, -0.2) is 0 Å². The second-order valence-electron chi connectivity index (χ2n) is 4.41. The SMILES string of the molecule is CNC(Cc1ccccc1OC)c1cccc(Br)c1. The third kappa shape index (κ3) is 3.58. The fourth-order valence-electron chi connectivity index (χ4n) is 2.20. The molecule has 0 aliphatic heterocycles. The van der Waals surface area contributed by atoms with E-state index >= 15 is 0 Å². The van der Waals surface area contributed by atoms with Gasteiger partial charge in [-0.2, -0.15) is 0 Å². The van der Waals surface area contributed by atoms with Crippen molar-refractivity contribution in [2.75, 3.05) is 14.2 Å². The van der Waals surface area contributed by atoms with Crippen molar-refractivity contribution in [2.45, 2.75) is 12.5 Å². The van der Waals surface area contributed by atoms with Crippen LogP contribution in [0.25, 0.3) is 0 Å². The molecule has 0 aromatic heterocycles. The highest BCUT2D eigenvalue weighted by atomic mass is 79.9. The van der Waals surface area contributed by atoms with Crippen LogP contribution in [0.1, 0.15) is 17.2 Å². The number of benzene rings is 2. The minimum Gasteiger partial charge on any atom is -0.496 e. The molecule has 2 aromatic rings. The van der Waals surface area contributed by atoms with Crippen molar-refractivity contribution in [3.63, 3.8) is 0 Å². The molecule has 19 heavy (non-hydrogen) atoms. The van der Waals surface area contributed by atoms with E-state index in [1.165, 1.54) is 11.1 Å². The molecule has 0 aliphatic carbocycles. The number of hydrogen-bond acceptors (Lipinski definition) is 2. The molecule has 0 radical (unpaired) electrons. The summed E-state index contributed by atoms with van der Waals surface area (Å²) in [5, 5.41) is 3.37.